The van der Waals surface area contributed by atoms with Crippen LogP contribution in [-0.4, -0.2) is 44.5 Å². The fraction of sp³-hybridized carbons (Fsp3) is 0.240. The molecular formula is C25H24N2O5S. The van der Waals surface area contributed by atoms with Crippen molar-refractivity contribution in [3.8, 4) is 21.8 Å². The lowest BCUT2D eigenvalue weighted by Crippen LogP contribution is -2.38. The van der Waals surface area contributed by atoms with Crippen molar-refractivity contribution in [3.63, 3.8) is 0 Å². The van der Waals surface area contributed by atoms with Gasteiger partial charge in [0.25, 0.3) is 0 Å². The second kappa shape index (κ2) is 9.56. The highest BCUT2D eigenvalue weighted by atomic mass is 32.1. The fourth-order valence-corrected chi connectivity index (χ4v) is 4.42. The van der Waals surface area contributed by atoms with E-state index in [1.165, 1.54) is 25.3 Å². The van der Waals surface area contributed by atoms with Crippen molar-refractivity contribution in [1.82, 2.24) is 4.98 Å². The van der Waals surface area contributed by atoms with Crippen LogP contribution >= 0.6 is 11.3 Å². The van der Waals surface area contributed by atoms with Crippen LogP contribution in [0.4, 0.5) is 5.69 Å². The topological polar surface area (TPSA) is 78.0 Å². The van der Waals surface area contributed by atoms with Gasteiger partial charge in [-0.25, -0.2) is 14.6 Å². The molecule has 0 radical (unpaired) electrons. The number of rotatable bonds is 5. The number of aryl methyl sites for hydroxylation is 2. The van der Waals surface area contributed by atoms with E-state index < -0.39 is 11.9 Å². The molecule has 0 spiro atoms. The molecule has 0 saturated heterocycles. The van der Waals surface area contributed by atoms with Crippen LogP contribution in [0.2, 0.25) is 0 Å². The predicted octanol–water partition coefficient (Wildman–Crippen LogP) is 4.49. The van der Waals surface area contributed by atoms with Crippen LogP contribution in [0.15, 0.2) is 59.1 Å². The molecule has 0 N–H and O–H groups in total. The average molecular weight is 465 g/mol. The van der Waals surface area contributed by atoms with Crippen LogP contribution < -0.4 is 4.90 Å². The largest absolute Gasteiger partial charge is 0.466 e. The van der Waals surface area contributed by atoms with Gasteiger partial charge in [0, 0.05) is 22.2 Å². The highest BCUT2D eigenvalue weighted by molar-refractivity contribution is 7.13. The van der Waals surface area contributed by atoms with Crippen molar-refractivity contribution in [3.05, 3.63) is 70.2 Å². The Morgan fingerprint density at radius 1 is 1.00 bits per heavy atom. The van der Waals surface area contributed by atoms with E-state index in [-0.39, 0.29) is 24.6 Å². The second-order valence-corrected chi connectivity index (χ2v) is 8.46. The van der Waals surface area contributed by atoms with E-state index >= 15 is 0 Å². The summed E-state index contributed by atoms with van der Waals surface area (Å²) >= 11 is 1.54. The summed E-state index contributed by atoms with van der Waals surface area (Å²) in [4.78, 5) is 31.2. The predicted molar refractivity (Wildman–Crippen MR) is 127 cm³/mol. The van der Waals surface area contributed by atoms with E-state index in [1.54, 1.807) is 16.2 Å². The SMILES string of the molecule is COC(=O)C1=C(C(=O)OC)N(c2cccc(-c3nc(-c4ccc(C)c(C)c4)cs3)c2)COC1. The number of ether oxygens (including phenoxy) is 3. The first-order valence-corrected chi connectivity index (χ1v) is 11.2. The van der Waals surface area contributed by atoms with Gasteiger partial charge in [0.1, 0.15) is 17.4 Å². The normalized spacial score (nSPS) is 13.8. The van der Waals surface area contributed by atoms with Gasteiger partial charge in [-0.2, -0.15) is 0 Å². The lowest BCUT2D eigenvalue weighted by atomic mass is 10.1. The molecule has 170 valence electrons. The molecule has 1 aliphatic heterocycles. The molecule has 4 rings (SSSR count). The summed E-state index contributed by atoms with van der Waals surface area (Å²) in [6.07, 6.45) is 0. The molecule has 0 aliphatic carbocycles. The fourth-order valence-electron chi connectivity index (χ4n) is 3.59. The van der Waals surface area contributed by atoms with Gasteiger partial charge in [0.05, 0.1) is 32.1 Å². The molecule has 0 unspecified atom stereocenters. The number of esters is 2. The summed E-state index contributed by atoms with van der Waals surface area (Å²) in [6, 6.07) is 13.9. The third-order valence-electron chi connectivity index (χ3n) is 5.54. The Bertz CT molecular complexity index is 1250. The number of nitrogens with zero attached hydrogens (tertiary/aromatic N) is 2. The van der Waals surface area contributed by atoms with Crippen LogP contribution in [-0.2, 0) is 23.8 Å². The van der Waals surface area contributed by atoms with E-state index in [0.717, 1.165) is 21.8 Å². The van der Waals surface area contributed by atoms with E-state index in [2.05, 4.69) is 32.0 Å². The summed E-state index contributed by atoms with van der Waals surface area (Å²) in [5.41, 5.74) is 6.24. The maximum Gasteiger partial charge on any atom is 0.355 e. The number of anilines is 1. The Kier molecular flexibility index (Phi) is 6.57. The molecule has 8 heteroatoms. The number of hydrogen-bond donors (Lipinski definition) is 0. The minimum Gasteiger partial charge on any atom is -0.466 e. The van der Waals surface area contributed by atoms with E-state index in [4.69, 9.17) is 19.2 Å². The number of carbonyl (C=O) groups excluding carboxylic acids is 2. The summed E-state index contributed by atoms with van der Waals surface area (Å²) in [5.74, 6) is -1.26. The lowest BCUT2D eigenvalue weighted by Gasteiger charge is -2.31. The monoisotopic (exact) mass is 464 g/mol. The van der Waals surface area contributed by atoms with Gasteiger partial charge in [-0.15, -0.1) is 11.3 Å². The standard InChI is InChI=1S/C25H24N2O5S/c1-15-8-9-17(10-16(15)2)21-13-33-23(26-21)18-6-5-7-19(11-18)27-14-32-12-20(24(28)30-3)22(27)25(29)31-4/h5-11,13H,12,14H2,1-4H3. The van der Waals surface area contributed by atoms with Crippen molar-refractivity contribution in [1.29, 1.82) is 0 Å². The molecule has 2 aromatic carbocycles. The molecule has 33 heavy (non-hydrogen) atoms. The van der Waals surface area contributed by atoms with Crippen molar-refractivity contribution in [2.24, 2.45) is 0 Å². The summed E-state index contributed by atoms with van der Waals surface area (Å²) in [5, 5.41) is 2.88. The molecule has 1 aliphatic rings. The summed E-state index contributed by atoms with van der Waals surface area (Å²) < 4.78 is 15.3. The first-order valence-electron chi connectivity index (χ1n) is 10.3. The van der Waals surface area contributed by atoms with Crippen LogP contribution in [0, 0.1) is 13.8 Å². The number of methoxy groups -OCH3 is 2. The Labute approximate surface area is 196 Å². The quantitative estimate of drug-likeness (QED) is 0.515. The number of thiazole rings is 1. The first kappa shape index (κ1) is 22.7. The maximum atomic E-state index is 12.6. The van der Waals surface area contributed by atoms with E-state index in [9.17, 15) is 9.59 Å². The molecule has 0 fully saturated rings. The molecule has 7 nitrogen and oxygen atoms in total. The zero-order valence-electron chi connectivity index (χ0n) is 18.9. The number of benzene rings is 2. The first-order chi connectivity index (χ1) is 15.9. The van der Waals surface area contributed by atoms with Crippen LogP contribution in [0.25, 0.3) is 21.8 Å². The minimum absolute atomic E-state index is 0.0287. The minimum atomic E-state index is -0.630. The molecule has 2 heterocycles. The average Bonchev–Trinajstić information content (AvgIpc) is 3.35. The Morgan fingerprint density at radius 3 is 2.52 bits per heavy atom. The molecule has 0 amide bonds. The summed E-state index contributed by atoms with van der Waals surface area (Å²) in [7, 11) is 2.54. The lowest BCUT2D eigenvalue weighted by molar-refractivity contribution is -0.140. The van der Waals surface area contributed by atoms with Crippen LogP contribution in [0.1, 0.15) is 11.1 Å². The number of hydrogen-bond acceptors (Lipinski definition) is 8. The van der Waals surface area contributed by atoms with Gasteiger partial charge in [-0.3, -0.25) is 0 Å². The molecule has 3 aromatic rings. The molecular weight excluding hydrogens is 440 g/mol. The molecule has 1 aromatic heterocycles. The second-order valence-electron chi connectivity index (χ2n) is 7.60. The van der Waals surface area contributed by atoms with Crippen LogP contribution in [0.5, 0.6) is 0 Å². The van der Waals surface area contributed by atoms with Crippen molar-refractivity contribution in [2.75, 3.05) is 32.5 Å². The molecule has 0 bridgehead atoms. The van der Waals surface area contributed by atoms with Gasteiger partial charge in [-0.1, -0.05) is 24.3 Å². The van der Waals surface area contributed by atoms with Crippen molar-refractivity contribution in [2.45, 2.75) is 13.8 Å². The zero-order chi connectivity index (χ0) is 23.5. The van der Waals surface area contributed by atoms with E-state index in [1.807, 2.05) is 29.6 Å². The van der Waals surface area contributed by atoms with Gasteiger partial charge < -0.3 is 19.1 Å². The van der Waals surface area contributed by atoms with Gasteiger partial charge in [0.2, 0.25) is 0 Å². The maximum absolute atomic E-state index is 12.6. The third-order valence-corrected chi connectivity index (χ3v) is 6.44. The molecule has 0 saturated carbocycles. The van der Waals surface area contributed by atoms with Crippen LogP contribution in [0.3, 0.4) is 0 Å². The van der Waals surface area contributed by atoms with Gasteiger partial charge in [0.15, 0.2) is 0 Å². The molecule has 0 atom stereocenters. The highest BCUT2D eigenvalue weighted by Gasteiger charge is 2.32. The Hall–Kier alpha value is -3.49. The highest BCUT2D eigenvalue weighted by Crippen LogP contribution is 2.33. The number of carbonyl (C=O) groups is 2. The van der Waals surface area contributed by atoms with Crippen molar-refractivity contribution >= 4 is 29.0 Å². The zero-order valence-corrected chi connectivity index (χ0v) is 19.7. The Morgan fingerprint density at radius 2 is 1.79 bits per heavy atom. The van der Waals surface area contributed by atoms with E-state index in [0.29, 0.717) is 5.69 Å². The van der Waals surface area contributed by atoms with Gasteiger partial charge >= 0.3 is 11.9 Å². The Balaban J connectivity index is 1.71. The number of aromatic nitrogens is 1. The summed E-state index contributed by atoms with van der Waals surface area (Å²) in [6.45, 7) is 4.24. The van der Waals surface area contributed by atoms with Gasteiger partial charge in [-0.05, 0) is 43.2 Å². The van der Waals surface area contributed by atoms with Crippen molar-refractivity contribution < 1.29 is 23.8 Å². The smallest absolute Gasteiger partial charge is 0.355 e. The third kappa shape index (κ3) is 4.53.